The third-order valence-corrected chi connectivity index (χ3v) is 3.87. The molecule has 3 nitrogen and oxygen atoms in total. The fourth-order valence-corrected chi connectivity index (χ4v) is 2.53. The standard InChI is InChI=1S/C16H24N2O/c1-12(19)13-6-8-14(9-7-13)18-11-15(2,3)17-10-16(18,4)5/h6-9,17H,10-11H2,1-5H3. The first-order valence-corrected chi connectivity index (χ1v) is 6.85. The van der Waals surface area contributed by atoms with E-state index in [1.165, 1.54) is 5.69 Å². The van der Waals surface area contributed by atoms with Gasteiger partial charge in [0.15, 0.2) is 5.78 Å². The third kappa shape index (κ3) is 2.98. The molecule has 0 aromatic heterocycles. The number of ketones is 1. The number of Topliss-reactive ketones (excluding diaryl/α,β-unsaturated/α-hetero) is 1. The van der Waals surface area contributed by atoms with E-state index in [0.717, 1.165) is 18.7 Å². The van der Waals surface area contributed by atoms with Crippen LogP contribution in [0.25, 0.3) is 0 Å². The normalized spacial score (nSPS) is 21.2. The maximum absolute atomic E-state index is 11.3. The molecule has 0 unspecified atom stereocenters. The van der Waals surface area contributed by atoms with Crippen molar-refractivity contribution < 1.29 is 4.79 Å². The largest absolute Gasteiger partial charge is 0.363 e. The quantitative estimate of drug-likeness (QED) is 0.830. The fourth-order valence-electron chi connectivity index (χ4n) is 2.53. The lowest BCUT2D eigenvalue weighted by atomic mass is 9.90. The Kier molecular flexibility index (Phi) is 3.43. The molecule has 1 saturated heterocycles. The molecule has 0 saturated carbocycles. The molecule has 3 heteroatoms. The lowest BCUT2D eigenvalue weighted by Gasteiger charge is -2.51. The van der Waals surface area contributed by atoms with Gasteiger partial charge in [0.25, 0.3) is 0 Å². The highest BCUT2D eigenvalue weighted by molar-refractivity contribution is 5.94. The molecular formula is C16H24N2O. The van der Waals surface area contributed by atoms with Gasteiger partial charge in [0.2, 0.25) is 0 Å². The summed E-state index contributed by atoms with van der Waals surface area (Å²) in [6, 6.07) is 7.95. The van der Waals surface area contributed by atoms with Gasteiger partial charge >= 0.3 is 0 Å². The average Bonchev–Trinajstić information content (AvgIpc) is 2.33. The van der Waals surface area contributed by atoms with Crippen molar-refractivity contribution in [3.8, 4) is 0 Å². The molecule has 0 atom stereocenters. The van der Waals surface area contributed by atoms with Crippen LogP contribution >= 0.6 is 0 Å². The van der Waals surface area contributed by atoms with E-state index in [1.807, 2.05) is 12.1 Å². The van der Waals surface area contributed by atoms with Crippen molar-refractivity contribution >= 4 is 11.5 Å². The van der Waals surface area contributed by atoms with Gasteiger partial charge in [-0.3, -0.25) is 4.79 Å². The highest BCUT2D eigenvalue weighted by Gasteiger charge is 2.37. The van der Waals surface area contributed by atoms with E-state index < -0.39 is 0 Å². The maximum Gasteiger partial charge on any atom is 0.159 e. The molecule has 0 radical (unpaired) electrons. The molecule has 1 aliphatic heterocycles. The summed E-state index contributed by atoms with van der Waals surface area (Å²) < 4.78 is 0. The molecule has 0 spiro atoms. The molecule has 0 bridgehead atoms. The van der Waals surface area contributed by atoms with Crippen LogP contribution < -0.4 is 10.2 Å². The zero-order valence-corrected chi connectivity index (χ0v) is 12.6. The van der Waals surface area contributed by atoms with Crippen molar-refractivity contribution in [2.75, 3.05) is 18.0 Å². The number of hydrogen-bond donors (Lipinski definition) is 1. The molecule has 1 N–H and O–H groups in total. The van der Waals surface area contributed by atoms with Crippen LogP contribution in [-0.2, 0) is 0 Å². The van der Waals surface area contributed by atoms with Gasteiger partial charge in [-0.05, 0) is 58.9 Å². The summed E-state index contributed by atoms with van der Waals surface area (Å²) in [5.41, 5.74) is 2.14. The second-order valence-electron chi connectivity index (χ2n) is 6.74. The number of nitrogens with zero attached hydrogens (tertiary/aromatic N) is 1. The van der Waals surface area contributed by atoms with Gasteiger partial charge in [-0.15, -0.1) is 0 Å². The van der Waals surface area contributed by atoms with Crippen molar-refractivity contribution in [1.82, 2.24) is 5.32 Å². The first-order valence-electron chi connectivity index (χ1n) is 6.85. The Labute approximate surface area is 116 Å². The summed E-state index contributed by atoms with van der Waals surface area (Å²) >= 11 is 0. The highest BCUT2D eigenvalue weighted by Crippen LogP contribution is 2.29. The van der Waals surface area contributed by atoms with Crippen molar-refractivity contribution in [3.63, 3.8) is 0 Å². The number of anilines is 1. The highest BCUT2D eigenvalue weighted by atomic mass is 16.1. The average molecular weight is 260 g/mol. The monoisotopic (exact) mass is 260 g/mol. The van der Waals surface area contributed by atoms with E-state index in [0.29, 0.717) is 0 Å². The van der Waals surface area contributed by atoms with Crippen LogP contribution in [0.4, 0.5) is 5.69 Å². The summed E-state index contributed by atoms with van der Waals surface area (Å²) in [6.07, 6.45) is 0. The Hall–Kier alpha value is -1.35. The number of carbonyl (C=O) groups excluding carboxylic acids is 1. The van der Waals surface area contributed by atoms with Crippen LogP contribution in [0.2, 0.25) is 0 Å². The van der Waals surface area contributed by atoms with Gasteiger partial charge in [-0.2, -0.15) is 0 Å². The first-order chi connectivity index (χ1) is 8.71. The second kappa shape index (κ2) is 4.64. The van der Waals surface area contributed by atoms with Crippen LogP contribution in [0.3, 0.4) is 0 Å². The van der Waals surface area contributed by atoms with Gasteiger partial charge in [0.1, 0.15) is 0 Å². The van der Waals surface area contributed by atoms with Gasteiger partial charge < -0.3 is 10.2 Å². The van der Waals surface area contributed by atoms with E-state index in [1.54, 1.807) is 6.92 Å². The molecule has 2 rings (SSSR count). The zero-order valence-electron chi connectivity index (χ0n) is 12.6. The molecule has 0 aliphatic carbocycles. The molecule has 1 aromatic carbocycles. The van der Waals surface area contributed by atoms with Crippen LogP contribution in [0, 0.1) is 0 Å². The molecule has 1 aromatic rings. The molecule has 0 amide bonds. The lowest BCUT2D eigenvalue weighted by molar-refractivity contribution is 0.101. The summed E-state index contributed by atoms with van der Waals surface area (Å²) in [5, 5.41) is 3.58. The molecule has 1 heterocycles. The van der Waals surface area contributed by atoms with E-state index in [-0.39, 0.29) is 16.9 Å². The SMILES string of the molecule is CC(=O)c1ccc(N2CC(C)(C)NCC2(C)C)cc1. The van der Waals surface area contributed by atoms with Crippen molar-refractivity contribution in [2.45, 2.75) is 45.7 Å². The molecule has 19 heavy (non-hydrogen) atoms. The number of carbonyl (C=O) groups is 1. The maximum atomic E-state index is 11.3. The van der Waals surface area contributed by atoms with Crippen molar-refractivity contribution in [1.29, 1.82) is 0 Å². The minimum Gasteiger partial charge on any atom is -0.363 e. The number of nitrogens with one attached hydrogen (secondary N) is 1. The van der Waals surface area contributed by atoms with Crippen LogP contribution in [0.1, 0.15) is 45.0 Å². The van der Waals surface area contributed by atoms with Gasteiger partial charge in [-0.25, -0.2) is 0 Å². The van der Waals surface area contributed by atoms with Crippen LogP contribution in [0.15, 0.2) is 24.3 Å². The summed E-state index contributed by atoms with van der Waals surface area (Å²) in [4.78, 5) is 13.8. The summed E-state index contributed by atoms with van der Waals surface area (Å²) in [7, 11) is 0. The summed E-state index contributed by atoms with van der Waals surface area (Å²) in [5.74, 6) is 0.117. The Bertz CT molecular complexity index is 474. The minimum absolute atomic E-state index is 0.0766. The van der Waals surface area contributed by atoms with Crippen LogP contribution in [0.5, 0.6) is 0 Å². The van der Waals surface area contributed by atoms with Gasteiger partial charge in [0, 0.05) is 35.4 Å². The third-order valence-electron chi connectivity index (χ3n) is 3.87. The lowest BCUT2D eigenvalue weighted by Crippen LogP contribution is -2.66. The van der Waals surface area contributed by atoms with E-state index >= 15 is 0 Å². The van der Waals surface area contributed by atoms with Crippen molar-refractivity contribution in [2.24, 2.45) is 0 Å². The predicted octanol–water partition coefficient (Wildman–Crippen LogP) is 2.86. The van der Waals surface area contributed by atoms with E-state index in [4.69, 9.17) is 0 Å². The Balaban J connectivity index is 2.30. The number of hydrogen-bond acceptors (Lipinski definition) is 3. The Morgan fingerprint density at radius 3 is 2.26 bits per heavy atom. The molecule has 104 valence electrons. The second-order valence-corrected chi connectivity index (χ2v) is 6.74. The Morgan fingerprint density at radius 1 is 1.16 bits per heavy atom. The van der Waals surface area contributed by atoms with E-state index in [9.17, 15) is 4.79 Å². The molecule has 1 aliphatic rings. The van der Waals surface area contributed by atoms with Gasteiger partial charge in [0.05, 0.1) is 0 Å². The number of rotatable bonds is 2. The number of benzene rings is 1. The molecule has 1 fully saturated rings. The first kappa shape index (κ1) is 14.1. The topological polar surface area (TPSA) is 32.3 Å². The Morgan fingerprint density at radius 2 is 1.74 bits per heavy atom. The van der Waals surface area contributed by atoms with E-state index in [2.05, 4.69) is 50.0 Å². The smallest absolute Gasteiger partial charge is 0.159 e. The minimum atomic E-state index is 0.0766. The summed E-state index contributed by atoms with van der Waals surface area (Å²) in [6.45, 7) is 12.4. The predicted molar refractivity (Wildman–Crippen MR) is 80.0 cm³/mol. The van der Waals surface area contributed by atoms with Gasteiger partial charge in [-0.1, -0.05) is 0 Å². The van der Waals surface area contributed by atoms with Crippen LogP contribution in [-0.4, -0.2) is 30.0 Å². The van der Waals surface area contributed by atoms with Crippen molar-refractivity contribution in [3.05, 3.63) is 29.8 Å². The molecular weight excluding hydrogens is 236 g/mol. The number of piperazine rings is 1. The zero-order chi connectivity index (χ0) is 14.3. The fraction of sp³-hybridized carbons (Fsp3) is 0.562.